The number of benzene rings is 3. The van der Waals surface area contributed by atoms with Crippen LogP contribution >= 0.6 is 11.8 Å². The third kappa shape index (κ3) is 6.06. The van der Waals surface area contributed by atoms with Crippen LogP contribution in [0.15, 0.2) is 77.7 Å². The first-order valence-corrected chi connectivity index (χ1v) is 12.5. The van der Waals surface area contributed by atoms with Gasteiger partial charge in [-0.1, -0.05) is 36.4 Å². The number of carbonyl (C=O) groups is 2. The van der Waals surface area contributed by atoms with Crippen LogP contribution in [0.4, 0.5) is 0 Å². The molecular formula is C28H27N3O2S. The van der Waals surface area contributed by atoms with E-state index < -0.39 is 0 Å². The lowest BCUT2D eigenvalue weighted by molar-refractivity contribution is 0.0724. The van der Waals surface area contributed by atoms with Crippen molar-refractivity contribution in [1.29, 1.82) is 5.26 Å². The van der Waals surface area contributed by atoms with Crippen LogP contribution in [0.1, 0.15) is 56.7 Å². The summed E-state index contributed by atoms with van der Waals surface area (Å²) in [5.74, 6) is 0.669. The maximum Gasteiger partial charge on any atom is 0.253 e. The molecule has 172 valence electrons. The van der Waals surface area contributed by atoms with E-state index in [1.54, 1.807) is 23.9 Å². The van der Waals surface area contributed by atoms with E-state index in [0.717, 1.165) is 42.0 Å². The lowest BCUT2D eigenvalue weighted by atomic mass is 10.1. The lowest BCUT2D eigenvalue weighted by Gasteiger charge is -2.26. The van der Waals surface area contributed by atoms with E-state index in [2.05, 4.69) is 11.4 Å². The minimum absolute atomic E-state index is 0.0866. The van der Waals surface area contributed by atoms with Crippen molar-refractivity contribution >= 4 is 23.6 Å². The average molecular weight is 470 g/mol. The number of rotatable bonds is 7. The fraction of sp³-hybridized carbons (Fsp3) is 0.250. The second kappa shape index (κ2) is 11.5. The first-order chi connectivity index (χ1) is 16.6. The molecule has 0 unspecified atom stereocenters. The molecule has 4 rings (SSSR count). The Morgan fingerprint density at radius 3 is 2.26 bits per heavy atom. The van der Waals surface area contributed by atoms with Gasteiger partial charge in [0, 0.05) is 35.8 Å². The molecule has 0 atom stereocenters. The van der Waals surface area contributed by atoms with Gasteiger partial charge in [-0.25, -0.2) is 0 Å². The number of piperidine rings is 1. The summed E-state index contributed by atoms with van der Waals surface area (Å²) in [6.45, 7) is 2.06. The van der Waals surface area contributed by atoms with Crippen molar-refractivity contribution in [2.24, 2.45) is 0 Å². The van der Waals surface area contributed by atoms with Crippen molar-refractivity contribution < 1.29 is 9.59 Å². The Hall–Kier alpha value is -3.56. The highest BCUT2D eigenvalue weighted by Crippen LogP contribution is 2.26. The summed E-state index contributed by atoms with van der Waals surface area (Å²) in [6.07, 6.45) is 3.34. The number of hydrogen-bond acceptors (Lipinski definition) is 4. The summed E-state index contributed by atoms with van der Waals surface area (Å²) in [4.78, 5) is 28.4. The zero-order chi connectivity index (χ0) is 23.8. The number of carbonyl (C=O) groups excluding carboxylic acids is 2. The van der Waals surface area contributed by atoms with Crippen LogP contribution in [-0.4, -0.2) is 29.8 Å². The standard InChI is InChI=1S/C28H27N3O2S/c29-18-21-8-10-23(11-9-21)20-34-26-7-3-2-6-25(26)27(32)30-19-22-12-14-24(15-13-22)28(33)31-16-4-1-5-17-31/h2-3,6-15H,1,4-5,16-17,19-20H2,(H,30,32). The predicted molar refractivity (Wildman–Crippen MR) is 135 cm³/mol. The van der Waals surface area contributed by atoms with Crippen LogP contribution in [0, 0.1) is 11.3 Å². The summed E-state index contributed by atoms with van der Waals surface area (Å²) in [7, 11) is 0. The van der Waals surface area contributed by atoms with Gasteiger partial charge in [0.1, 0.15) is 0 Å². The van der Waals surface area contributed by atoms with Gasteiger partial charge in [0.15, 0.2) is 0 Å². The molecule has 3 aromatic rings. The monoisotopic (exact) mass is 469 g/mol. The van der Waals surface area contributed by atoms with Gasteiger partial charge < -0.3 is 10.2 Å². The van der Waals surface area contributed by atoms with Crippen LogP contribution in [0.3, 0.4) is 0 Å². The van der Waals surface area contributed by atoms with Crippen LogP contribution in [0.25, 0.3) is 0 Å². The zero-order valence-corrected chi connectivity index (χ0v) is 19.8. The van der Waals surface area contributed by atoms with E-state index in [-0.39, 0.29) is 11.8 Å². The molecule has 1 aliphatic rings. The molecule has 0 bridgehead atoms. The second-order valence-electron chi connectivity index (χ2n) is 8.33. The molecule has 1 aliphatic heterocycles. The highest BCUT2D eigenvalue weighted by atomic mass is 32.2. The molecular weight excluding hydrogens is 442 g/mol. The number of nitrogens with zero attached hydrogens (tertiary/aromatic N) is 2. The minimum atomic E-state index is -0.128. The third-order valence-electron chi connectivity index (χ3n) is 5.91. The van der Waals surface area contributed by atoms with Gasteiger partial charge in [0.2, 0.25) is 0 Å². The van der Waals surface area contributed by atoms with Crippen LogP contribution in [-0.2, 0) is 12.3 Å². The third-order valence-corrected chi connectivity index (χ3v) is 7.05. The van der Waals surface area contributed by atoms with Gasteiger partial charge in [0.05, 0.1) is 17.2 Å². The lowest BCUT2D eigenvalue weighted by Crippen LogP contribution is -2.35. The molecule has 2 amide bonds. The van der Waals surface area contributed by atoms with Crippen molar-refractivity contribution in [3.63, 3.8) is 0 Å². The Morgan fingerprint density at radius 1 is 0.882 bits per heavy atom. The summed E-state index contributed by atoms with van der Waals surface area (Å²) < 4.78 is 0. The topological polar surface area (TPSA) is 73.2 Å². The Balaban J connectivity index is 1.34. The summed E-state index contributed by atoms with van der Waals surface area (Å²) in [6, 6.07) is 24.7. The van der Waals surface area contributed by atoms with Gasteiger partial charge in [-0.2, -0.15) is 5.26 Å². The molecule has 0 aliphatic carbocycles. The molecule has 5 nitrogen and oxygen atoms in total. The fourth-order valence-corrected chi connectivity index (χ4v) is 4.94. The van der Waals surface area contributed by atoms with E-state index in [9.17, 15) is 9.59 Å². The maximum absolute atomic E-state index is 12.9. The highest BCUT2D eigenvalue weighted by molar-refractivity contribution is 7.98. The zero-order valence-electron chi connectivity index (χ0n) is 19.0. The molecule has 6 heteroatoms. The molecule has 0 aromatic heterocycles. The summed E-state index contributed by atoms with van der Waals surface area (Å²) in [5, 5.41) is 11.9. The first kappa shape index (κ1) is 23.6. The Kier molecular flexibility index (Phi) is 8.00. The van der Waals surface area contributed by atoms with Crippen LogP contribution in [0.2, 0.25) is 0 Å². The molecule has 3 aromatic carbocycles. The number of nitriles is 1. The molecule has 1 fully saturated rings. The molecule has 1 heterocycles. The van der Waals surface area contributed by atoms with Gasteiger partial charge in [-0.15, -0.1) is 11.8 Å². The van der Waals surface area contributed by atoms with E-state index >= 15 is 0 Å². The molecule has 0 spiro atoms. The highest BCUT2D eigenvalue weighted by Gasteiger charge is 2.18. The van der Waals surface area contributed by atoms with Gasteiger partial charge in [0.25, 0.3) is 11.8 Å². The van der Waals surface area contributed by atoms with Crippen molar-refractivity contribution in [3.8, 4) is 6.07 Å². The number of amides is 2. The SMILES string of the molecule is N#Cc1ccc(CSc2ccccc2C(=O)NCc2ccc(C(=O)N3CCCCC3)cc2)cc1. The molecule has 0 radical (unpaired) electrons. The second-order valence-corrected chi connectivity index (χ2v) is 9.34. The molecule has 0 saturated carbocycles. The Labute approximate surface area is 204 Å². The van der Waals surface area contributed by atoms with E-state index in [1.807, 2.05) is 65.6 Å². The summed E-state index contributed by atoms with van der Waals surface area (Å²) >= 11 is 1.60. The number of likely N-dealkylation sites (tertiary alicyclic amines) is 1. The van der Waals surface area contributed by atoms with Gasteiger partial charge >= 0.3 is 0 Å². The van der Waals surface area contributed by atoms with Gasteiger partial charge in [-0.3, -0.25) is 9.59 Å². The molecule has 1 N–H and O–H groups in total. The fourth-order valence-electron chi connectivity index (χ4n) is 3.94. The Morgan fingerprint density at radius 2 is 1.56 bits per heavy atom. The van der Waals surface area contributed by atoms with E-state index in [0.29, 0.717) is 29.0 Å². The molecule has 34 heavy (non-hydrogen) atoms. The smallest absolute Gasteiger partial charge is 0.253 e. The van der Waals surface area contributed by atoms with Crippen molar-refractivity contribution in [3.05, 3.63) is 101 Å². The van der Waals surface area contributed by atoms with Crippen LogP contribution in [0.5, 0.6) is 0 Å². The minimum Gasteiger partial charge on any atom is -0.348 e. The van der Waals surface area contributed by atoms with Gasteiger partial charge in [-0.05, 0) is 66.8 Å². The maximum atomic E-state index is 12.9. The summed E-state index contributed by atoms with van der Waals surface area (Å²) in [5.41, 5.74) is 4.02. The van der Waals surface area contributed by atoms with Crippen molar-refractivity contribution in [2.45, 2.75) is 36.5 Å². The number of thioether (sulfide) groups is 1. The van der Waals surface area contributed by atoms with Crippen LogP contribution < -0.4 is 5.32 Å². The number of nitrogens with one attached hydrogen (secondary N) is 1. The average Bonchev–Trinajstić information content (AvgIpc) is 2.91. The predicted octanol–water partition coefficient (Wildman–Crippen LogP) is 5.41. The van der Waals surface area contributed by atoms with E-state index in [4.69, 9.17) is 5.26 Å². The first-order valence-electron chi connectivity index (χ1n) is 11.5. The van der Waals surface area contributed by atoms with Crippen molar-refractivity contribution in [1.82, 2.24) is 10.2 Å². The normalized spacial score (nSPS) is 13.2. The van der Waals surface area contributed by atoms with Crippen molar-refractivity contribution in [2.75, 3.05) is 13.1 Å². The van der Waals surface area contributed by atoms with E-state index in [1.165, 1.54) is 6.42 Å². The quantitative estimate of drug-likeness (QED) is 0.470. The number of hydrogen-bond donors (Lipinski definition) is 1. The molecule has 1 saturated heterocycles. The largest absolute Gasteiger partial charge is 0.348 e. The Bertz CT molecular complexity index is 1180.